The van der Waals surface area contributed by atoms with Gasteiger partial charge in [0.15, 0.2) is 0 Å². The van der Waals surface area contributed by atoms with Gasteiger partial charge in [-0.3, -0.25) is 9.10 Å². The van der Waals surface area contributed by atoms with Crippen LogP contribution in [0.4, 0.5) is 11.4 Å². The number of hydrogen-bond donors (Lipinski definition) is 0. The van der Waals surface area contributed by atoms with E-state index in [2.05, 4.69) is 0 Å². The molecule has 2 aromatic rings. The lowest BCUT2D eigenvalue weighted by molar-refractivity contribution is -0.118. The highest BCUT2D eigenvalue weighted by Gasteiger charge is 2.24. The average molecular weight is 388 g/mol. The molecule has 0 saturated carbocycles. The lowest BCUT2D eigenvalue weighted by Gasteiger charge is -2.23. The van der Waals surface area contributed by atoms with Crippen LogP contribution in [0, 0.1) is 0 Å². The molecule has 0 saturated heterocycles. The highest BCUT2D eigenvalue weighted by atomic mass is 32.2. The predicted octanol–water partition coefficient (Wildman–Crippen LogP) is 2.83. The summed E-state index contributed by atoms with van der Waals surface area (Å²) in [5.41, 5.74) is 2.72. The number of benzene rings is 2. The van der Waals surface area contributed by atoms with E-state index >= 15 is 0 Å². The van der Waals surface area contributed by atoms with Gasteiger partial charge in [0.05, 0.1) is 19.1 Å². The molecule has 3 rings (SSSR count). The van der Waals surface area contributed by atoms with E-state index in [1.807, 2.05) is 24.3 Å². The number of ether oxygens (including phenoxy) is 1. The van der Waals surface area contributed by atoms with E-state index in [1.54, 1.807) is 36.3 Å². The van der Waals surface area contributed by atoms with Crippen LogP contribution in [0.25, 0.3) is 0 Å². The first-order valence-electron chi connectivity index (χ1n) is 8.90. The maximum atomic E-state index is 12.6. The summed E-state index contributed by atoms with van der Waals surface area (Å²) in [5.74, 6) is 0.693. The van der Waals surface area contributed by atoms with Gasteiger partial charge < -0.3 is 9.64 Å². The quantitative estimate of drug-likeness (QED) is 0.732. The van der Waals surface area contributed by atoms with Crippen molar-refractivity contribution in [2.45, 2.75) is 19.3 Å². The van der Waals surface area contributed by atoms with Gasteiger partial charge in [0.1, 0.15) is 5.75 Å². The number of methoxy groups -OCH3 is 1. The third-order valence-corrected chi connectivity index (χ3v) is 5.89. The molecule has 1 aliphatic rings. The number of fused-ring (bicyclic) bond motifs is 1. The molecule has 0 radical (unpaired) electrons. The van der Waals surface area contributed by atoms with Gasteiger partial charge in [-0.1, -0.05) is 18.2 Å². The lowest BCUT2D eigenvalue weighted by Crippen LogP contribution is -2.33. The van der Waals surface area contributed by atoms with E-state index in [4.69, 9.17) is 4.74 Å². The van der Waals surface area contributed by atoms with Crippen LogP contribution in [-0.2, 0) is 21.2 Å². The van der Waals surface area contributed by atoms with Crippen molar-refractivity contribution in [3.05, 3.63) is 54.1 Å². The summed E-state index contributed by atoms with van der Waals surface area (Å²) in [4.78, 5) is 14.4. The van der Waals surface area contributed by atoms with Crippen molar-refractivity contribution in [3.63, 3.8) is 0 Å². The summed E-state index contributed by atoms with van der Waals surface area (Å²) < 4.78 is 30.8. The first-order valence-corrected chi connectivity index (χ1v) is 10.7. The fourth-order valence-electron chi connectivity index (χ4n) is 3.34. The van der Waals surface area contributed by atoms with Crippen LogP contribution < -0.4 is 13.9 Å². The molecule has 0 N–H and O–H groups in total. The van der Waals surface area contributed by atoms with Gasteiger partial charge in [0, 0.05) is 25.2 Å². The Labute approximate surface area is 160 Å². The topological polar surface area (TPSA) is 66.9 Å². The molecule has 2 aromatic carbocycles. The molecule has 0 aliphatic carbocycles. The van der Waals surface area contributed by atoms with Crippen molar-refractivity contribution >= 4 is 27.3 Å². The second-order valence-electron chi connectivity index (χ2n) is 6.56. The van der Waals surface area contributed by atoms with E-state index < -0.39 is 10.0 Å². The number of para-hydroxylation sites is 1. The average Bonchev–Trinajstić information content (AvgIpc) is 3.08. The van der Waals surface area contributed by atoms with Crippen molar-refractivity contribution < 1.29 is 17.9 Å². The molecule has 0 unspecified atom stereocenters. The summed E-state index contributed by atoms with van der Waals surface area (Å²) in [6.07, 6.45) is 2.80. The standard InChI is InChI=1S/C20H24N2O4S/c1-26-18-11-9-17(10-12-18)22(27(2,24)25)14-5-8-20(23)21-15-13-16-6-3-4-7-19(16)21/h3-4,6-7,9-12H,5,8,13-15H2,1-2H3. The number of sulfonamides is 1. The summed E-state index contributed by atoms with van der Waals surface area (Å²) in [6, 6.07) is 14.8. The Hall–Kier alpha value is -2.54. The second-order valence-corrected chi connectivity index (χ2v) is 8.47. The van der Waals surface area contributed by atoms with Crippen LogP contribution in [0.1, 0.15) is 18.4 Å². The second kappa shape index (κ2) is 8.00. The van der Waals surface area contributed by atoms with Crippen molar-refractivity contribution in [2.24, 2.45) is 0 Å². The van der Waals surface area contributed by atoms with Gasteiger partial charge in [-0.15, -0.1) is 0 Å². The molecule has 1 amide bonds. The zero-order chi connectivity index (χ0) is 19.4. The summed E-state index contributed by atoms with van der Waals surface area (Å²) in [5, 5.41) is 0. The summed E-state index contributed by atoms with van der Waals surface area (Å²) in [6.45, 7) is 0.943. The minimum atomic E-state index is -3.44. The van der Waals surface area contributed by atoms with Crippen LogP contribution in [0.15, 0.2) is 48.5 Å². The van der Waals surface area contributed by atoms with E-state index in [9.17, 15) is 13.2 Å². The predicted molar refractivity (Wildman–Crippen MR) is 107 cm³/mol. The van der Waals surface area contributed by atoms with E-state index in [-0.39, 0.29) is 12.5 Å². The third kappa shape index (κ3) is 4.42. The Morgan fingerprint density at radius 3 is 2.52 bits per heavy atom. The molecule has 0 spiro atoms. The molecule has 6 nitrogen and oxygen atoms in total. The summed E-state index contributed by atoms with van der Waals surface area (Å²) in [7, 11) is -1.87. The van der Waals surface area contributed by atoms with Crippen molar-refractivity contribution in [3.8, 4) is 5.75 Å². The fraction of sp³-hybridized carbons (Fsp3) is 0.350. The van der Waals surface area contributed by atoms with Gasteiger partial charge in [-0.05, 0) is 48.7 Å². The molecular weight excluding hydrogens is 364 g/mol. The molecule has 27 heavy (non-hydrogen) atoms. The summed E-state index contributed by atoms with van der Waals surface area (Å²) >= 11 is 0. The SMILES string of the molecule is COc1ccc(N(CCCC(=O)N2CCc3ccccc32)S(C)(=O)=O)cc1. The zero-order valence-corrected chi connectivity index (χ0v) is 16.4. The number of carbonyl (C=O) groups is 1. The molecule has 7 heteroatoms. The Balaban J connectivity index is 1.63. The number of amides is 1. The smallest absolute Gasteiger partial charge is 0.232 e. The van der Waals surface area contributed by atoms with Gasteiger partial charge in [-0.2, -0.15) is 0 Å². The number of rotatable bonds is 7. The van der Waals surface area contributed by atoms with Crippen LogP contribution >= 0.6 is 0 Å². The Kier molecular flexibility index (Phi) is 5.70. The van der Waals surface area contributed by atoms with Gasteiger partial charge >= 0.3 is 0 Å². The minimum Gasteiger partial charge on any atom is -0.497 e. The van der Waals surface area contributed by atoms with Crippen LogP contribution in [0.2, 0.25) is 0 Å². The molecule has 0 bridgehead atoms. The van der Waals surface area contributed by atoms with Crippen LogP contribution in [0.5, 0.6) is 5.75 Å². The van der Waals surface area contributed by atoms with Gasteiger partial charge in [-0.25, -0.2) is 8.42 Å². The van der Waals surface area contributed by atoms with Crippen LogP contribution in [-0.4, -0.2) is 40.8 Å². The first kappa shape index (κ1) is 19.2. The molecule has 0 atom stereocenters. The number of nitrogens with zero attached hydrogens (tertiary/aromatic N) is 2. The fourth-order valence-corrected chi connectivity index (χ4v) is 4.31. The van der Waals surface area contributed by atoms with Crippen molar-refractivity contribution in [1.29, 1.82) is 0 Å². The number of anilines is 2. The zero-order valence-electron chi connectivity index (χ0n) is 15.6. The van der Waals surface area contributed by atoms with E-state index in [1.165, 1.54) is 16.1 Å². The monoisotopic (exact) mass is 388 g/mol. The number of carbonyl (C=O) groups excluding carboxylic acids is 1. The Morgan fingerprint density at radius 1 is 1.15 bits per heavy atom. The van der Waals surface area contributed by atoms with E-state index in [0.717, 1.165) is 12.1 Å². The lowest BCUT2D eigenvalue weighted by atomic mass is 10.2. The highest BCUT2D eigenvalue weighted by molar-refractivity contribution is 7.92. The number of hydrogen-bond acceptors (Lipinski definition) is 4. The molecule has 0 fully saturated rings. The molecule has 144 valence electrons. The Bertz CT molecular complexity index is 910. The third-order valence-electron chi connectivity index (χ3n) is 4.70. The minimum absolute atomic E-state index is 0.0307. The molecule has 1 heterocycles. The van der Waals surface area contributed by atoms with Crippen molar-refractivity contribution in [2.75, 3.05) is 35.7 Å². The molecule has 1 aliphatic heterocycles. The van der Waals surface area contributed by atoms with E-state index in [0.29, 0.717) is 30.8 Å². The highest BCUT2D eigenvalue weighted by Crippen LogP contribution is 2.28. The molecular formula is C20H24N2O4S. The van der Waals surface area contributed by atoms with Crippen molar-refractivity contribution in [1.82, 2.24) is 0 Å². The maximum absolute atomic E-state index is 12.6. The van der Waals surface area contributed by atoms with Gasteiger partial charge in [0.25, 0.3) is 0 Å². The van der Waals surface area contributed by atoms with Gasteiger partial charge in [0.2, 0.25) is 15.9 Å². The van der Waals surface area contributed by atoms with Crippen LogP contribution in [0.3, 0.4) is 0 Å². The molecule has 0 aromatic heterocycles. The first-order chi connectivity index (χ1) is 12.9. The maximum Gasteiger partial charge on any atom is 0.232 e. The normalized spacial score (nSPS) is 13.3. The Morgan fingerprint density at radius 2 is 1.85 bits per heavy atom. The largest absolute Gasteiger partial charge is 0.497 e.